The molecule has 9 nitrogen and oxygen atoms in total. The van der Waals surface area contributed by atoms with Gasteiger partial charge in [0.25, 0.3) is 5.91 Å². The first-order valence-corrected chi connectivity index (χ1v) is 12.0. The molecule has 4 rings (SSSR count). The lowest BCUT2D eigenvalue weighted by Gasteiger charge is -2.12. The van der Waals surface area contributed by atoms with Crippen LogP contribution in [0.1, 0.15) is 27.9 Å². The van der Waals surface area contributed by atoms with Crippen molar-refractivity contribution in [3.8, 4) is 29.0 Å². The van der Waals surface area contributed by atoms with Gasteiger partial charge in [-0.1, -0.05) is 6.07 Å². The first-order chi connectivity index (χ1) is 18.5. The molecule has 0 atom stereocenters. The summed E-state index contributed by atoms with van der Waals surface area (Å²) in [6.45, 7) is 0.797. The minimum atomic E-state index is -0.388. The van der Waals surface area contributed by atoms with Gasteiger partial charge in [-0.2, -0.15) is 5.26 Å². The predicted molar refractivity (Wildman–Crippen MR) is 142 cm³/mol. The molecular formula is C29H28N4O5. The average Bonchev–Trinajstić information content (AvgIpc) is 3.33. The van der Waals surface area contributed by atoms with Crippen LogP contribution in [0.4, 0.5) is 0 Å². The Balaban J connectivity index is 1.66. The second-order valence-electron chi connectivity index (χ2n) is 8.50. The molecule has 0 radical (unpaired) electrons. The number of nitrogens with one attached hydrogen (secondary N) is 1. The van der Waals surface area contributed by atoms with Gasteiger partial charge in [0, 0.05) is 24.2 Å². The van der Waals surface area contributed by atoms with E-state index in [4.69, 9.17) is 14.5 Å². The zero-order valence-electron chi connectivity index (χ0n) is 21.5. The van der Waals surface area contributed by atoms with Gasteiger partial charge in [-0.25, -0.2) is 4.98 Å². The van der Waals surface area contributed by atoms with E-state index in [-0.39, 0.29) is 24.8 Å². The number of rotatable bonds is 10. The van der Waals surface area contributed by atoms with Crippen molar-refractivity contribution in [1.82, 2.24) is 14.9 Å². The van der Waals surface area contributed by atoms with Gasteiger partial charge in [-0.3, -0.25) is 9.59 Å². The molecule has 3 aromatic carbocycles. The molecule has 9 heteroatoms. The van der Waals surface area contributed by atoms with Gasteiger partial charge < -0.3 is 24.1 Å². The molecule has 0 unspecified atom stereocenters. The molecule has 0 aliphatic rings. The minimum Gasteiger partial charge on any atom is -0.493 e. The Kier molecular flexibility index (Phi) is 8.23. The molecule has 1 heterocycles. The van der Waals surface area contributed by atoms with Crippen molar-refractivity contribution < 1.29 is 23.8 Å². The van der Waals surface area contributed by atoms with Gasteiger partial charge in [-0.15, -0.1) is 0 Å². The van der Waals surface area contributed by atoms with Gasteiger partial charge in [0.2, 0.25) is 0 Å². The van der Waals surface area contributed by atoms with Crippen molar-refractivity contribution in [1.29, 1.82) is 5.26 Å². The molecule has 0 spiro atoms. The van der Waals surface area contributed by atoms with E-state index in [0.717, 1.165) is 22.5 Å². The van der Waals surface area contributed by atoms with Crippen LogP contribution in [-0.2, 0) is 22.5 Å². The quantitative estimate of drug-likeness (QED) is 0.318. The Labute approximate surface area is 220 Å². The highest BCUT2D eigenvalue weighted by atomic mass is 16.5. The fourth-order valence-corrected chi connectivity index (χ4v) is 4.17. The summed E-state index contributed by atoms with van der Waals surface area (Å²) in [6, 6.07) is 20.6. The molecule has 1 amide bonds. The Bertz CT molecular complexity index is 1500. The summed E-state index contributed by atoms with van der Waals surface area (Å²) in [4.78, 5) is 28.9. The molecule has 194 valence electrons. The van der Waals surface area contributed by atoms with Crippen LogP contribution in [0.2, 0.25) is 0 Å². The fraction of sp³-hybridized carbons (Fsp3) is 0.241. The van der Waals surface area contributed by atoms with E-state index in [0.29, 0.717) is 41.1 Å². The number of fused-ring (bicyclic) bond motifs is 1. The molecule has 0 aliphatic heterocycles. The Morgan fingerprint density at radius 2 is 1.74 bits per heavy atom. The summed E-state index contributed by atoms with van der Waals surface area (Å²) in [5.74, 6) is 1.38. The number of carbonyl (C=O) groups excluding carboxylic acids is 2. The lowest BCUT2D eigenvalue weighted by molar-refractivity contribution is -0.140. The van der Waals surface area contributed by atoms with Crippen molar-refractivity contribution in [2.24, 2.45) is 0 Å². The van der Waals surface area contributed by atoms with Crippen LogP contribution in [0.25, 0.3) is 22.4 Å². The third kappa shape index (κ3) is 5.76. The van der Waals surface area contributed by atoms with Crippen LogP contribution in [-0.4, -0.2) is 49.3 Å². The summed E-state index contributed by atoms with van der Waals surface area (Å²) in [6.07, 6.45) is 0.795. The molecule has 0 fully saturated rings. The second-order valence-corrected chi connectivity index (χ2v) is 8.50. The fourth-order valence-electron chi connectivity index (χ4n) is 4.17. The number of carbonyl (C=O) groups is 2. The van der Waals surface area contributed by atoms with Crippen LogP contribution < -0.4 is 14.8 Å². The highest BCUT2D eigenvalue weighted by molar-refractivity contribution is 5.98. The van der Waals surface area contributed by atoms with Crippen LogP contribution in [0.15, 0.2) is 60.7 Å². The molecule has 4 aromatic rings. The van der Waals surface area contributed by atoms with Gasteiger partial charge >= 0.3 is 5.97 Å². The van der Waals surface area contributed by atoms with Crippen molar-refractivity contribution in [2.45, 2.75) is 19.4 Å². The second kappa shape index (κ2) is 11.9. The van der Waals surface area contributed by atoms with Crippen LogP contribution in [0, 0.1) is 11.3 Å². The number of hydrogen-bond donors (Lipinski definition) is 1. The molecular weight excluding hydrogens is 484 g/mol. The highest BCUT2D eigenvalue weighted by Crippen LogP contribution is 2.30. The van der Waals surface area contributed by atoms with Crippen molar-refractivity contribution in [3.05, 3.63) is 77.4 Å². The Hall–Kier alpha value is -4.84. The maximum Gasteiger partial charge on any atom is 0.307 e. The minimum absolute atomic E-state index is 0.0953. The molecule has 0 saturated heterocycles. The maximum atomic E-state index is 12.7. The van der Waals surface area contributed by atoms with E-state index in [9.17, 15) is 14.9 Å². The van der Waals surface area contributed by atoms with Crippen molar-refractivity contribution in [3.63, 3.8) is 0 Å². The standard InChI is InChI=1S/C29H28N4O5/c1-36-25-11-6-19(16-26(25)37-2)13-15-33-24-10-9-22(29(35)31-14-12-27(34)38-3)17-23(24)32-28(33)21-7-4-20(18-30)5-8-21/h4-11,16-17H,12-15H2,1-3H3,(H,31,35). The lowest BCUT2D eigenvalue weighted by Crippen LogP contribution is -2.26. The summed E-state index contributed by atoms with van der Waals surface area (Å²) >= 11 is 0. The Morgan fingerprint density at radius 3 is 2.42 bits per heavy atom. The van der Waals surface area contributed by atoms with Crippen LogP contribution in [0.3, 0.4) is 0 Å². The van der Waals surface area contributed by atoms with E-state index in [1.54, 1.807) is 38.5 Å². The first kappa shape index (κ1) is 26.2. The first-order valence-electron chi connectivity index (χ1n) is 12.0. The molecule has 1 aromatic heterocycles. The largest absolute Gasteiger partial charge is 0.493 e. The van der Waals surface area contributed by atoms with Gasteiger partial charge in [0.05, 0.1) is 50.4 Å². The van der Waals surface area contributed by atoms with Gasteiger partial charge in [0.15, 0.2) is 11.5 Å². The van der Waals surface area contributed by atoms with E-state index in [1.165, 1.54) is 7.11 Å². The average molecular weight is 513 g/mol. The number of aromatic nitrogens is 2. The topological polar surface area (TPSA) is 115 Å². The van der Waals surface area contributed by atoms with Crippen molar-refractivity contribution in [2.75, 3.05) is 27.9 Å². The third-order valence-electron chi connectivity index (χ3n) is 6.20. The molecule has 0 bridgehead atoms. The number of ether oxygens (including phenoxy) is 3. The number of aryl methyl sites for hydroxylation is 2. The van der Waals surface area contributed by atoms with E-state index in [2.05, 4.69) is 20.7 Å². The number of amides is 1. The molecule has 0 aliphatic carbocycles. The SMILES string of the molecule is COC(=O)CCNC(=O)c1ccc2c(c1)nc(-c1ccc(C#N)cc1)n2CCc1ccc(OC)c(OC)c1. The molecule has 38 heavy (non-hydrogen) atoms. The number of esters is 1. The number of nitrogens with zero attached hydrogens (tertiary/aromatic N) is 3. The number of hydrogen-bond acceptors (Lipinski definition) is 7. The zero-order chi connectivity index (χ0) is 27.1. The Morgan fingerprint density at radius 1 is 0.974 bits per heavy atom. The number of imidazole rings is 1. The summed E-state index contributed by atoms with van der Waals surface area (Å²) in [5, 5.41) is 11.9. The van der Waals surface area contributed by atoms with Crippen molar-refractivity contribution >= 4 is 22.9 Å². The third-order valence-corrected chi connectivity index (χ3v) is 6.20. The van der Waals surface area contributed by atoms with E-state index in [1.807, 2.05) is 36.4 Å². The summed E-state index contributed by atoms with van der Waals surface area (Å²) in [7, 11) is 4.52. The molecule has 1 N–H and O–H groups in total. The van der Waals surface area contributed by atoms with Gasteiger partial charge in [0.1, 0.15) is 5.82 Å². The van der Waals surface area contributed by atoms with Crippen LogP contribution >= 0.6 is 0 Å². The van der Waals surface area contributed by atoms with E-state index < -0.39 is 0 Å². The number of nitriles is 1. The molecule has 0 saturated carbocycles. The normalized spacial score (nSPS) is 10.6. The number of methoxy groups -OCH3 is 3. The van der Waals surface area contributed by atoms with E-state index >= 15 is 0 Å². The highest BCUT2D eigenvalue weighted by Gasteiger charge is 2.16. The maximum absolute atomic E-state index is 12.7. The zero-order valence-corrected chi connectivity index (χ0v) is 21.5. The predicted octanol–water partition coefficient (Wildman–Crippen LogP) is 4.13. The number of benzene rings is 3. The smallest absolute Gasteiger partial charge is 0.307 e. The summed E-state index contributed by atoms with van der Waals surface area (Å²) < 4.78 is 17.5. The summed E-state index contributed by atoms with van der Waals surface area (Å²) in [5.41, 5.74) is 4.47. The monoisotopic (exact) mass is 512 g/mol. The lowest BCUT2D eigenvalue weighted by atomic mass is 10.1. The van der Waals surface area contributed by atoms with Crippen LogP contribution in [0.5, 0.6) is 11.5 Å². The van der Waals surface area contributed by atoms with Gasteiger partial charge in [-0.05, 0) is 66.6 Å².